The molecule has 0 saturated heterocycles. The van der Waals surface area contributed by atoms with E-state index in [0.717, 1.165) is 17.0 Å². The number of H-pyrrole nitrogens is 1. The standard InChI is InChI=1S/C12H11NO3.C10H7NO3/c1-13-10-6-4-3-5-8(10)9(7-11(13)14)12(15)16-2;12-9-5-7(10(13)14)6-3-1-2-4-8(6)11-9/h3-7H,1-2H3;1-5H,(H,11,12)(H,13,14). The average Bonchev–Trinajstić information content (AvgIpc) is 2.75. The van der Waals surface area contributed by atoms with Crippen LogP contribution in [0.3, 0.4) is 0 Å². The van der Waals surface area contributed by atoms with Crippen molar-refractivity contribution in [2.75, 3.05) is 7.11 Å². The SMILES string of the molecule is COC(=O)c1cc(=O)n(C)c2ccccc12.O=C(O)c1cc(=O)[nH]c2ccccc12. The summed E-state index contributed by atoms with van der Waals surface area (Å²) in [6.07, 6.45) is 0. The number of aromatic carboxylic acids is 1. The molecule has 0 saturated carbocycles. The molecule has 2 aromatic carbocycles. The van der Waals surface area contributed by atoms with Gasteiger partial charge in [-0.25, -0.2) is 9.59 Å². The van der Waals surface area contributed by atoms with Crippen LogP contribution in [-0.4, -0.2) is 33.7 Å². The molecular weight excluding hydrogens is 388 g/mol. The molecule has 4 rings (SSSR count). The Balaban J connectivity index is 0.000000172. The predicted octanol–water partition coefficient (Wildman–Crippen LogP) is 2.55. The van der Waals surface area contributed by atoms with Crippen LogP contribution in [-0.2, 0) is 11.8 Å². The van der Waals surface area contributed by atoms with Crippen molar-refractivity contribution < 1.29 is 19.4 Å². The van der Waals surface area contributed by atoms with Gasteiger partial charge in [-0.2, -0.15) is 0 Å². The molecule has 0 aliphatic carbocycles. The summed E-state index contributed by atoms with van der Waals surface area (Å²) in [5, 5.41) is 10.1. The van der Waals surface area contributed by atoms with Crippen molar-refractivity contribution in [1.29, 1.82) is 0 Å². The molecule has 0 radical (unpaired) electrons. The number of carboxylic acids is 1. The Bertz CT molecular complexity index is 1380. The maximum atomic E-state index is 11.6. The molecule has 0 aliphatic heterocycles. The van der Waals surface area contributed by atoms with Crippen LogP contribution < -0.4 is 11.1 Å². The number of aromatic nitrogens is 2. The number of para-hydroxylation sites is 2. The molecule has 2 N–H and O–H groups in total. The number of aromatic amines is 1. The third kappa shape index (κ3) is 3.97. The molecule has 0 aliphatic rings. The fraction of sp³-hybridized carbons (Fsp3) is 0.0909. The smallest absolute Gasteiger partial charge is 0.338 e. The summed E-state index contributed by atoms with van der Waals surface area (Å²) in [6.45, 7) is 0. The zero-order chi connectivity index (χ0) is 21.8. The van der Waals surface area contributed by atoms with E-state index >= 15 is 0 Å². The van der Waals surface area contributed by atoms with Gasteiger partial charge in [-0.3, -0.25) is 9.59 Å². The minimum absolute atomic E-state index is 0.0318. The van der Waals surface area contributed by atoms with Gasteiger partial charge in [0.2, 0.25) is 5.56 Å². The van der Waals surface area contributed by atoms with Gasteiger partial charge < -0.3 is 19.4 Å². The number of hydrogen-bond acceptors (Lipinski definition) is 5. The number of methoxy groups -OCH3 is 1. The van der Waals surface area contributed by atoms with Crippen LogP contribution in [0, 0.1) is 0 Å². The summed E-state index contributed by atoms with van der Waals surface area (Å²) in [5.41, 5.74) is 0.971. The Kier molecular flexibility index (Phi) is 5.78. The van der Waals surface area contributed by atoms with Crippen LogP contribution >= 0.6 is 0 Å². The van der Waals surface area contributed by atoms with Gasteiger partial charge in [0.25, 0.3) is 5.56 Å². The largest absolute Gasteiger partial charge is 0.478 e. The highest BCUT2D eigenvalue weighted by molar-refractivity contribution is 6.03. The van der Waals surface area contributed by atoms with E-state index < -0.39 is 17.5 Å². The molecule has 2 aromatic heterocycles. The van der Waals surface area contributed by atoms with Crippen molar-refractivity contribution in [2.24, 2.45) is 7.05 Å². The van der Waals surface area contributed by atoms with E-state index in [1.807, 2.05) is 12.1 Å². The van der Waals surface area contributed by atoms with Crippen molar-refractivity contribution in [2.45, 2.75) is 0 Å². The lowest BCUT2D eigenvalue weighted by atomic mass is 10.1. The Morgan fingerprint density at radius 2 is 1.57 bits per heavy atom. The Hall–Kier alpha value is -4.20. The normalized spacial score (nSPS) is 10.3. The predicted molar refractivity (Wildman–Crippen MR) is 112 cm³/mol. The molecule has 0 unspecified atom stereocenters. The van der Waals surface area contributed by atoms with E-state index in [2.05, 4.69) is 9.72 Å². The van der Waals surface area contributed by atoms with Crippen molar-refractivity contribution in [1.82, 2.24) is 9.55 Å². The van der Waals surface area contributed by atoms with Crippen LogP contribution in [0.25, 0.3) is 21.8 Å². The second-order valence-electron chi connectivity index (χ2n) is 6.36. The minimum Gasteiger partial charge on any atom is -0.478 e. The minimum atomic E-state index is -1.09. The number of carbonyl (C=O) groups is 2. The van der Waals surface area contributed by atoms with Crippen LogP contribution in [0.1, 0.15) is 20.7 Å². The summed E-state index contributed by atoms with van der Waals surface area (Å²) in [7, 11) is 2.97. The summed E-state index contributed by atoms with van der Waals surface area (Å²) in [5.74, 6) is -1.58. The fourth-order valence-corrected chi connectivity index (χ4v) is 3.07. The lowest BCUT2D eigenvalue weighted by molar-refractivity contribution is 0.0601. The third-order valence-electron chi connectivity index (χ3n) is 4.54. The van der Waals surface area contributed by atoms with Crippen molar-refractivity contribution in [3.8, 4) is 0 Å². The van der Waals surface area contributed by atoms with Crippen molar-refractivity contribution in [3.05, 3.63) is 92.5 Å². The molecule has 4 aromatic rings. The highest BCUT2D eigenvalue weighted by atomic mass is 16.5. The summed E-state index contributed by atoms with van der Waals surface area (Å²) in [6, 6.07) is 16.4. The molecule has 0 amide bonds. The first-order chi connectivity index (χ1) is 14.3. The van der Waals surface area contributed by atoms with E-state index in [1.54, 1.807) is 43.4 Å². The quantitative estimate of drug-likeness (QED) is 0.494. The van der Waals surface area contributed by atoms with Gasteiger partial charge in [0, 0.05) is 35.5 Å². The molecule has 2 heterocycles. The second-order valence-corrected chi connectivity index (χ2v) is 6.36. The zero-order valence-corrected chi connectivity index (χ0v) is 16.2. The average molecular weight is 406 g/mol. The van der Waals surface area contributed by atoms with Gasteiger partial charge in [-0.1, -0.05) is 36.4 Å². The number of pyridine rings is 2. The zero-order valence-electron chi connectivity index (χ0n) is 16.2. The summed E-state index contributed by atoms with van der Waals surface area (Å²) < 4.78 is 6.15. The molecule has 30 heavy (non-hydrogen) atoms. The number of nitrogens with zero attached hydrogens (tertiary/aromatic N) is 1. The van der Waals surface area contributed by atoms with E-state index in [-0.39, 0.29) is 11.1 Å². The Labute approximate surface area is 170 Å². The number of esters is 1. The lowest BCUT2D eigenvalue weighted by Gasteiger charge is -2.08. The topological polar surface area (TPSA) is 118 Å². The Morgan fingerprint density at radius 1 is 0.933 bits per heavy atom. The van der Waals surface area contributed by atoms with E-state index in [4.69, 9.17) is 5.11 Å². The van der Waals surface area contributed by atoms with Crippen molar-refractivity contribution in [3.63, 3.8) is 0 Å². The number of carbonyl (C=O) groups excluding carboxylic acids is 1. The summed E-state index contributed by atoms with van der Waals surface area (Å²) in [4.78, 5) is 47.6. The number of benzene rings is 2. The fourth-order valence-electron chi connectivity index (χ4n) is 3.07. The Morgan fingerprint density at radius 3 is 2.23 bits per heavy atom. The van der Waals surface area contributed by atoms with Gasteiger partial charge >= 0.3 is 11.9 Å². The second kappa shape index (κ2) is 8.44. The lowest BCUT2D eigenvalue weighted by Crippen LogP contribution is -2.19. The van der Waals surface area contributed by atoms with Crippen LogP contribution in [0.2, 0.25) is 0 Å². The maximum Gasteiger partial charge on any atom is 0.338 e. The molecule has 0 fully saturated rings. The van der Waals surface area contributed by atoms with Gasteiger partial charge in [-0.15, -0.1) is 0 Å². The third-order valence-corrected chi connectivity index (χ3v) is 4.54. The van der Waals surface area contributed by atoms with Gasteiger partial charge in [0.1, 0.15) is 0 Å². The van der Waals surface area contributed by atoms with Crippen LogP contribution in [0.15, 0.2) is 70.3 Å². The highest BCUT2D eigenvalue weighted by Gasteiger charge is 2.13. The molecule has 0 atom stereocenters. The van der Waals surface area contributed by atoms with Crippen molar-refractivity contribution >= 4 is 33.7 Å². The first kappa shape index (κ1) is 20.5. The van der Waals surface area contributed by atoms with E-state index in [9.17, 15) is 19.2 Å². The number of aryl methyl sites for hydroxylation is 1. The number of carboxylic acid groups (broad SMARTS) is 1. The van der Waals surface area contributed by atoms with Crippen LogP contribution in [0.5, 0.6) is 0 Å². The van der Waals surface area contributed by atoms with Gasteiger partial charge in [0.15, 0.2) is 0 Å². The number of nitrogens with one attached hydrogen (secondary N) is 1. The highest BCUT2D eigenvalue weighted by Crippen LogP contribution is 2.16. The maximum absolute atomic E-state index is 11.6. The monoisotopic (exact) mass is 406 g/mol. The van der Waals surface area contributed by atoms with Crippen LogP contribution in [0.4, 0.5) is 0 Å². The van der Waals surface area contributed by atoms with Gasteiger partial charge in [-0.05, 0) is 12.1 Å². The van der Waals surface area contributed by atoms with E-state index in [1.165, 1.54) is 17.7 Å². The first-order valence-electron chi connectivity index (χ1n) is 8.86. The number of rotatable bonds is 2. The summed E-state index contributed by atoms with van der Waals surface area (Å²) >= 11 is 0. The first-order valence-corrected chi connectivity index (χ1v) is 8.86. The molecule has 0 bridgehead atoms. The van der Waals surface area contributed by atoms with E-state index in [0.29, 0.717) is 16.5 Å². The molecular formula is C22H18N2O6. The number of ether oxygens (including phenoxy) is 1. The van der Waals surface area contributed by atoms with Gasteiger partial charge in [0.05, 0.1) is 23.8 Å². The molecule has 152 valence electrons. The molecule has 0 spiro atoms. The number of hydrogen-bond donors (Lipinski definition) is 2. The molecule has 8 heteroatoms. The molecule has 8 nitrogen and oxygen atoms in total. The number of fused-ring (bicyclic) bond motifs is 2.